The average molecular weight is 293 g/mol. The highest BCUT2D eigenvalue weighted by atomic mass is 35.5. The van der Waals surface area contributed by atoms with E-state index in [4.69, 9.17) is 27.5 Å². The van der Waals surface area contributed by atoms with Crippen LogP contribution in [0.1, 0.15) is 16.7 Å². The second kappa shape index (κ2) is 5.92. The van der Waals surface area contributed by atoms with Crippen LogP contribution in [-0.4, -0.2) is 5.84 Å². The lowest BCUT2D eigenvalue weighted by Crippen LogP contribution is -2.12. The molecule has 2 aromatic carbocycles. The molecule has 0 heterocycles. The summed E-state index contributed by atoms with van der Waals surface area (Å²) in [5, 5.41) is 7.92. The number of ether oxygens (including phenoxy) is 1. The third-order valence-corrected chi connectivity index (χ3v) is 3.05. The fraction of sp³-hybridized carbons (Fsp3) is 0.133. The zero-order valence-corrected chi connectivity index (χ0v) is 11.7. The molecule has 0 aliphatic rings. The quantitative estimate of drug-likeness (QED) is 0.667. The minimum Gasteiger partial charge on any atom is -0.489 e. The molecule has 2 aromatic rings. The average Bonchev–Trinajstić information content (AvgIpc) is 2.39. The Morgan fingerprint density at radius 2 is 2.05 bits per heavy atom. The topological polar surface area (TPSA) is 59.1 Å². The largest absolute Gasteiger partial charge is 0.489 e. The Hall–Kier alpha value is -2.07. The van der Waals surface area contributed by atoms with E-state index in [0.717, 1.165) is 5.56 Å². The molecule has 0 radical (unpaired) electrons. The summed E-state index contributed by atoms with van der Waals surface area (Å²) in [5.41, 5.74) is 7.25. The van der Waals surface area contributed by atoms with Gasteiger partial charge in [-0.25, -0.2) is 4.39 Å². The molecule has 3 nitrogen and oxygen atoms in total. The summed E-state index contributed by atoms with van der Waals surface area (Å²) in [7, 11) is 0. The SMILES string of the molecule is Cc1ccc(Cl)cc1OCc1cc(F)cc(C(=N)N)c1. The monoisotopic (exact) mass is 292 g/mol. The van der Waals surface area contributed by atoms with Crippen molar-refractivity contribution in [1.82, 2.24) is 0 Å². The van der Waals surface area contributed by atoms with Crippen molar-refractivity contribution in [3.8, 4) is 5.75 Å². The number of benzene rings is 2. The van der Waals surface area contributed by atoms with Crippen molar-refractivity contribution >= 4 is 17.4 Å². The molecule has 0 atom stereocenters. The van der Waals surface area contributed by atoms with Gasteiger partial charge in [-0.2, -0.15) is 0 Å². The maximum Gasteiger partial charge on any atom is 0.124 e. The van der Waals surface area contributed by atoms with Crippen LogP contribution in [-0.2, 0) is 6.61 Å². The molecule has 104 valence electrons. The van der Waals surface area contributed by atoms with Crippen molar-refractivity contribution in [3.05, 3.63) is 63.9 Å². The van der Waals surface area contributed by atoms with E-state index in [1.54, 1.807) is 18.2 Å². The molecular weight excluding hydrogens is 279 g/mol. The van der Waals surface area contributed by atoms with Crippen molar-refractivity contribution in [1.29, 1.82) is 5.41 Å². The van der Waals surface area contributed by atoms with Crippen LogP contribution in [0.5, 0.6) is 5.75 Å². The zero-order valence-electron chi connectivity index (χ0n) is 10.9. The first kappa shape index (κ1) is 14.3. The molecule has 0 aliphatic heterocycles. The molecule has 0 aliphatic carbocycles. The Kier molecular flexibility index (Phi) is 4.25. The molecule has 0 saturated heterocycles. The van der Waals surface area contributed by atoms with Gasteiger partial charge in [0.25, 0.3) is 0 Å². The smallest absolute Gasteiger partial charge is 0.124 e. The lowest BCUT2D eigenvalue weighted by molar-refractivity contribution is 0.303. The molecule has 2 rings (SSSR count). The highest BCUT2D eigenvalue weighted by molar-refractivity contribution is 6.30. The van der Waals surface area contributed by atoms with E-state index < -0.39 is 5.82 Å². The van der Waals surface area contributed by atoms with Gasteiger partial charge in [0.15, 0.2) is 0 Å². The Morgan fingerprint density at radius 3 is 2.75 bits per heavy atom. The molecule has 0 amide bonds. The predicted molar refractivity (Wildman–Crippen MR) is 77.9 cm³/mol. The number of aryl methyl sites for hydroxylation is 1. The van der Waals surface area contributed by atoms with Gasteiger partial charge in [0, 0.05) is 10.6 Å². The third kappa shape index (κ3) is 3.48. The Balaban J connectivity index is 2.18. The lowest BCUT2D eigenvalue weighted by Gasteiger charge is -2.10. The molecule has 0 unspecified atom stereocenters. The number of halogens is 2. The number of hydrogen-bond acceptors (Lipinski definition) is 2. The number of hydrogen-bond donors (Lipinski definition) is 2. The minimum absolute atomic E-state index is 0.176. The normalized spacial score (nSPS) is 10.3. The van der Waals surface area contributed by atoms with E-state index in [1.165, 1.54) is 12.1 Å². The van der Waals surface area contributed by atoms with E-state index in [9.17, 15) is 4.39 Å². The molecule has 20 heavy (non-hydrogen) atoms. The fourth-order valence-corrected chi connectivity index (χ4v) is 1.94. The summed E-state index contributed by atoms with van der Waals surface area (Å²) < 4.78 is 19.1. The van der Waals surface area contributed by atoms with E-state index in [2.05, 4.69) is 0 Å². The zero-order chi connectivity index (χ0) is 14.7. The number of rotatable bonds is 4. The van der Waals surface area contributed by atoms with E-state index >= 15 is 0 Å². The van der Waals surface area contributed by atoms with Crippen molar-refractivity contribution < 1.29 is 9.13 Å². The summed E-state index contributed by atoms with van der Waals surface area (Å²) >= 11 is 5.91. The molecule has 0 spiro atoms. The molecule has 0 aromatic heterocycles. The van der Waals surface area contributed by atoms with Gasteiger partial charge < -0.3 is 10.5 Å². The van der Waals surface area contributed by atoms with Crippen LogP contribution < -0.4 is 10.5 Å². The van der Waals surface area contributed by atoms with E-state index in [1.807, 2.05) is 13.0 Å². The van der Waals surface area contributed by atoms with Gasteiger partial charge >= 0.3 is 0 Å². The fourth-order valence-electron chi connectivity index (χ4n) is 1.78. The minimum atomic E-state index is -0.445. The van der Waals surface area contributed by atoms with Gasteiger partial charge in [0.05, 0.1) is 0 Å². The Labute approximate surface area is 121 Å². The van der Waals surface area contributed by atoms with Gasteiger partial charge in [0.1, 0.15) is 24.0 Å². The first-order valence-electron chi connectivity index (χ1n) is 5.98. The molecule has 0 bridgehead atoms. The molecule has 0 fully saturated rings. The summed E-state index contributed by atoms with van der Waals surface area (Å²) in [6.07, 6.45) is 0. The van der Waals surface area contributed by atoms with E-state index in [-0.39, 0.29) is 12.4 Å². The maximum absolute atomic E-state index is 13.4. The van der Waals surface area contributed by atoms with Crippen LogP contribution in [0.2, 0.25) is 5.02 Å². The third-order valence-electron chi connectivity index (χ3n) is 2.81. The molecule has 5 heteroatoms. The second-order valence-electron chi connectivity index (χ2n) is 4.46. The van der Waals surface area contributed by atoms with Gasteiger partial charge in [-0.3, -0.25) is 5.41 Å². The predicted octanol–water partition coefficient (Wildman–Crippen LogP) is 3.65. The highest BCUT2D eigenvalue weighted by Gasteiger charge is 2.06. The van der Waals surface area contributed by atoms with Crippen molar-refractivity contribution in [2.24, 2.45) is 5.73 Å². The van der Waals surface area contributed by atoms with Crippen molar-refractivity contribution in [3.63, 3.8) is 0 Å². The summed E-state index contributed by atoms with van der Waals surface area (Å²) in [5.74, 6) is 0.0231. The summed E-state index contributed by atoms with van der Waals surface area (Å²) in [6.45, 7) is 2.08. The van der Waals surface area contributed by atoms with Crippen LogP contribution in [0.15, 0.2) is 36.4 Å². The number of amidine groups is 1. The van der Waals surface area contributed by atoms with Gasteiger partial charge in [-0.05, 0) is 48.4 Å². The van der Waals surface area contributed by atoms with Crippen LogP contribution in [0, 0.1) is 18.2 Å². The van der Waals surface area contributed by atoms with Gasteiger partial charge in [-0.1, -0.05) is 17.7 Å². The maximum atomic E-state index is 13.4. The van der Waals surface area contributed by atoms with E-state index in [0.29, 0.717) is 21.9 Å². The van der Waals surface area contributed by atoms with Gasteiger partial charge in [-0.15, -0.1) is 0 Å². The van der Waals surface area contributed by atoms with Crippen LogP contribution in [0.25, 0.3) is 0 Å². The van der Waals surface area contributed by atoms with Crippen LogP contribution in [0.3, 0.4) is 0 Å². The summed E-state index contributed by atoms with van der Waals surface area (Å²) in [4.78, 5) is 0. The standard InChI is InChI=1S/C15H14ClFN2O/c1-9-2-3-12(16)7-14(9)20-8-10-4-11(15(18)19)6-13(17)5-10/h2-7H,8H2,1H3,(H3,18,19). The second-order valence-corrected chi connectivity index (χ2v) is 4.90. The molecule has 0 saturated carbocycles. The first-order valence-corrected chi connectivity index (χ1v) is 6.36. The Bertz CT molecular complexity index is 658. The van der Waals surface area contributed by atoms with Crippen molar-refractivity contribution in [2.75, 3.05) is 0 Å². The summed E-state index contributed by atoms with van der Waals surface area (Å²) in [6, 6.07) is 9.54. The Morgan fingerprint density at radius 1 is 1.30 bits per heavy atom. The number of nitrogen functional groups attached to an aromatic ring is 1. The highest BCUT2D eigenvalue weighted by Crippen LogP contribution is 2.23. The first-order chi connectivity index (χ1) is 9.45. The van der Waals surface area contributed by atoms with Gasteiger partial charge in [0.2, 0.25) is 0 Å². The number of nitrogens with two attached hydrogens (primary N) is 1. The van der Waals surface area contributed by atoms with Crippen LogP contribution in [0.4, 0.5) is 4.39 Å². The molecule has 3 N–H and O–H groups in total. The van der Waals surface area contributed by atoms with Crippen LogP contribution >= 0.6 is 11.6 Å². The number of nitrogens with one attached hydrogen (secondary N) is 1. The van der Waals surface area contributed by atoms with Crippen molar-refractivity contribution in [2.45, 2.75) is 13.5 Å². The molecular formula is C15H14ClFN2O. The lowest BCUT2D eigenvalue weighted by atomic mass is 10.1.